The first kappa shape index (κ1) is 51.0. The van der Waals surface area contributed by atoms with Gasteiger partial charge in [0.2, 0.25) is 17.7 Å². The Bertz CT molecular complexity index is 3300. The van der Waals surface area contributed by atoms with Crippen molar-refractivity contribution in [2.45, 2.75) is 97.1 Å². The number of aryl methyl sites for hydroxylation is 1. The molecular weight excluding hydrogens is 967 g/mol. The van der Waals surface area contributed by atoms with Crippen LogP contribution >= 0.6 is 11.3 Å². The Morgan fingerprint density at radius 1 is 0.840 bits per heavy atom. The number of anilines is 3. The summed E-state index contributed by atoms with van der Waals surface area (Å²) in [6.07, 6.45) is 6.40. The number of nitrogens with zero attached hydrogens (tertiary/aromatic N) is 6. The topological polar surface area (TPSA) is 190 Å². The molecule has 388 valence electrons. The van der Waals surface area contributed by atoms with Gasteiger partial charge < -0.3 is 19.7 Å². The number of pyridine rings is 1. The minimum Gasteiger partial charge on any atom is -0.493 e. The molecule has 0 spiro atoms. The maximum atomic E-state index is 14.0. The summed E-state index contributed by atoms with van der Waals surface area (Å²) in [4.78, 5) is 79.5. The van der Waals surface area contributed by atoms with Crippen LogP contribution in [0.2, 0.25) is 0 Å². The van der Waals surface area contributed by atoms with Crippen molar-refractivity contribution in [1.82, 2.24) is 30.0 Å². The van der Waals surface area contributed by atoms with Gasteiger partial charge >= 0.3 is 5.97 Å². The zero-order valence-corrected chi connectivity index (χ0v) is 44.0. The molecule has 0 aliphatic carbocycles. The molecule has 3 N–H and O–H groups in total. The van der Waals surface area contributed by atoms with E-state index in [1.807, 2.05) is 113 Å². The number of imide groups is 1. The van der Waals surface area contributed by atoms with E-state index in [9.17, 15) is 24.0 Å². The lowest BCUT2D eigenvalue weighted by Crippen LogP contribution is -2.39. The van der Waals surface area contributed by atoms with E-state index in [0.29, 0.717) is 71.9 Å². The van der Waals surface area contributed by atoms with Crippen LogP contribution in [0.5, 0.6) is 5.75 Å². The molecule has 3 aliphatic rings. The molecule has 4 aromatic carbocycles. The normalized spacial score (nSPS) is 16.4. The lowest BCUT2D eigenvalue weighted by molar-refractivity contribution is -0.134. The van der Waals surface area contributed by atoms with Crippen molar-refractivity contribution in [3.05, 3.63) is 125 Å². The molecule has 75 heavy (non-hydrogen) atoms. The van der Waals surface area contributed by atoms with Gasteiger partial charge in [0, 0.05) is 43.1 Å². The first-order valence-corrected chi connectivity index (χ1v) is 26.8. The predicted molar refractivity (Wildman–Crippen MR) is 291 cm³/mol. The number of hydrogen-bond donors (Lipinski definition) is 3. The van der Waals surface area contributed by atoms with E-state index in [-0.39, 0.29) is 42.3 Å². The van der Waals surface area contributed by atoms with Gasteiger partial charge in [0.05, 0.1) is 46.2 Å². The Morgan fingerprint density at radius 2 is 1.64 bits per heavy atom. The van der Waals surface area contributed by atoms with Crippen molar-refractivity contribution >= 4 is 78.7 Å². The van der Waals surface area contributed by atoms with Crippen LogP contribution in [0.25, 0.3) is 32.2 Å². The number of thiazole rings is 1. The first-order valence-electron chi connectivity index (χ1n) is 26.0. The minimum absolute atomic E-state index is 0.0977. The number of ether oxygens (including phenoxy) is 2. The zero-order chi connectivity index (χ0) is 52.4. The Kier molecular flexibility index (Phi) is 14.8. The van der Waals surface area contributed by atoms with E-state index >= 15 is 0 Å². The number of aromatic nitrogens is 4. The van der Waals surface area contributed by atoms with E-state index in [2.05, 4.69) is 41.9 Å². The Labute approximate surface area is 440 Å². The molecule has 1 atom stereocenters. The minimum atomic E-state index is -0.748. The van der Waals surface area contributed by atoms with Crippen LogP contribution in [0.1, 0.15) is 115 Å². The summed E-state index contributed by atoms with van der Waals surface area (Å²) in [7, 11) is 1.80. The highest BCUT2D eigenvalue weighted by molar-refractivity contribution is 7.22. The number of fused-ring (bicyclic) bond motifs is 3. The van der Waals surface area contributed by atoms with Gasteiger partial charge in [-0.25, -0.2) is 14.8 Å². The average Bonchev–Trinajstić information content (AvgIpc) is 3.97. The van der Waals surface area contributed by atoms with Crippen LogP contribution in [0, 0.1) is 12.8 Å². The molecule has 7 aromatic rings. The molecule has 6 heterocycles. The fourth-order valence-corrected chi connectivity index (χ4v) is 11.5. The number of esters is 1. The molecule has 17 heteroatoms. The highest BCUT2D eigenvalue weighted by Gasteiger charge is 2.33. The SMILES string of the molecule is Cc1c(OCCCCC2CCN(CC(=O)Nc3cccc4c(C5CCC(=O)NC5=O)nn(C)c34)CC2)cccc1-c1ccc(N2CCc3cccc(C(=O)Nc4nc5ccccc5s4)c3C2)nc1C(=O)OC(C)(C)C. The van der Waals surface area contributed by atoms with E-state index in [1.165, 1.54) is 11.3 Å². The average molecular weight is 1030 g/mol. The number of hydrogen-bond acceptors (Lipinski definition) is 13. The summed E-state index contributed by atoms with van der Waals surface area (Å²) in [5, 5.41) is 14.5. The number of likely N-dealkylation sites (tertiary alicyclic amines) is 1. The molecule has 0 bridgehead atoms. The van der Waals surface area contributed by atoms with Crippen molar-refractivity contribution in [3.63, 3.8) is 0 Å². The number of amides is 4. The second kappa shape index (κ2) is 21.8. The third-order valence-corrected chi connectivity index (χ3v) is 15.4. The largest absolute Gasteiger partial charge is 0.493 e. The lowest BCUT2D eigenvalue weighted by atomic mass is 9.91. The van der Waals surface area contributed by atoms with Crippen molar-refractivity contribution in [3.8, 4) is 16.9 Å². The summed E-state index contributed by atoms with van der Waals surface area (Å²) in [5.41, 5.74) is 7.29. The van der Waals surface area contributed by atoms with Crippen LogP contribution in [0.4, 0.5) is 16.6 Å². The van der Waals surface area contributed by atoms with Crippen LogP contribution in [-0.2, 0) is 39.1 Å². The number of para-hydroxylation sites is 2. The fourth-order valence-electron chi connectivity index (χ4n) is 10.7. The Morgan fingerprint density at radius 3 is 2.44 bits per heavy atom. The van der Waals surface area contributed by atoms with E-state index < -0.39 is 17.5 Å². The summed E-state index contributed by atoms with van der Waals surface area (Å²) in [6, 6.07) is 29.0. The number of rotatable bonds is 15. The molecule has 0 radical (unpaired) electrons. The molecule has 2 fully saturated rings. The number of nitrogens with one attached hydrogen (secondary N) is 3. The third kappa shape index (κ3) is 11.4. The summed E-state index contributed by atoms with van der Waals surface area (Å²) in [6.45, 7) is 11.2. The summed E-state index contributed by atoms with van der Waals surface area (Å²) < 4.78 is 15.1. The van der Waals surface area contributed by atoms with E-state index in [0.717, 1.165) is 94.3 Å². The second-order valence-corrected chi connectivity index (χ2v) is 21.9. The molecule has 16 nitrogen and oxygen atoms in total. The molecular formula is C58H63N9O7S. The molecule has 2 saturated heterocycles. The third-order valence-electron chi connectivity index (χ3n) is 14.5. The van der Waals surface area contributed by atoms with Crippen LogP contribution in [-0.4, -0.2) is 92.6 Å². The fraction of sp³-hybridized carbons (Fsp3) is 0.379. The molecule has 4 amide bonds. The first-order chi connectivity index (χ1) is 36.2. The van der Waals surface area contributed by atoms with Crippen molar-refractivity contribution in [2.24, 2.45) is 13.0 Å². The van der Waals surface area contributed by atoms with Crippen LogP contribution in [0.15, 0.2) is 91.0 Å². The maximum absolute atomic E-state index is 14.0. The lowest BCUT2D eigenvalue weighted by Gasteiger charge is -2.31. The molecule has 3 aromatic heterocycles. The van der Waals surface area contributed by atoms with Gasteiger partial charge in [-0.1, -0.05) is 66.3 Å². The molecule has 3 aliphatic heterocycles. The van der Waals surface area contributed by atoms with Gasteiger partial charge in [-0.05, 0) is 150 Å². The highest BCUT2D eigenvalue weighted by Crippen LogP contribution is 2.37. The van der Waals surface area contributed by atoms with Gasteiger partial charge in [-0.2, -0.15) is 5.10 Å². The van der Waals surface area contributed by atoms with Gasteiger partial charge in [-0.3, -0.25) is 39.4 Å². The Hall–Kier alpha value is -7.50. The zero-order valence-electron chi connectivity index (χ0n) is 43.2. The van der Waals surface area contributed by atoms with Crippen LogP contribution < -0.4 is 25.6 Å². The Balaban J connectivity index is 0.732. The van der Waals surface area contributed by atoms with Gasteiger partial charge in [-0.15, -0.1) is 0 Å². The number of carbonyl (C=O) groups is 5. The molecule has 0 saturated carbocycles. The highest BCUT2D eigenvalue weighted by atomic mass is 32.1. The van der Waals surface area contributed by atoms with E-state index in [4.69, 9.17) is 14.5 Å². The summed E-state index contributed by atoms with van der Waals surface area (Å²) >= 11 is 1.44. The van der Waals surface area contributed by atoms with Gasteiger partial charge in [0.15, 0.2) is 10.8 Å². The van der Waals surface area contributed by atoms with E-state index in [1.54, 1.807) is 11.7 Å². The van der Waals surface area contributed by atoms with Gasteiger partial charge in [0.1, 0.15) is 17.2 Å². The van der Waals surface area contributed by atoms with Gasteiger partial charge in [0.25, 0.3) is 5.91 Å². The standard InChI is InChI=1S/C58H63N9O7S/c1-35-38(39-22-24-48(61-52(39)56(72)74-58(2,3)4)67-31-28-37-14-10-16-40(43(37)33-67)54(70)63-57-60-44-18-6-7-21-47(44)75-57)15-12-20-46(35)73-32-9-8-13-36-26-29-66(30-27-36)34-50(69)59-45-19-11-17-41-51(64-65(5)53(41)45)42-23-25-49(68)62-55(42)71/h6-7,10-12,14-22,24,36,42H,8-9,13,23,25-34H2,1-5H3,(H,59,69)(H,60,63,70)(H,62,68,71). The summed E-state index contributed by atoms with van der Waals surface area (Å²) in [5.74, 6) is -0.0289. The van der Waals surface area contributed by atoms with Crippen molar-refractivity contribution < 1.29 is 33.4 Å². The smallest absolute Gasteiger partial charge is 0.358 e. The number of piperidine rings is 2. The number of carbonyl (C=O) groups excluding carboxylic acids is 5. The second-order valence-electron chi connectivity index (χ2n) is 20.9. The van der Waals surface area contributed by atoms with Crippen LogP contribution in [0.3, 0.4) is 0 Å². The molecule has 10 rings (SSSR count). The number of unbranched alkanes of at least 4 members (excludes halogenated alkanes) is 1. The quantitative estimate of drug-likeness (QED) is 0.0502. The monoisotopic (exact) mass is 1030 g/mol. The predicted octanol–water partition coefficient (Wildman–Crippen LogP) is 9.74. The maximum Gasteiger partial charge on any atom is 0.358 e. The van der Waals surface area contributed by atoms with Crippen molar-refractivity contribution in [2.75, 3.05) is 48.3 Å². The van der Waals surface area contributed by atoms with Crippen molar-refractivity contribution in [1.29, 1.82) is 0 Å². The molecule has 1 unspecified atom stereocenters. The number of benzene rings is 4.